The normalized spacial score (nSPS) is 12.7. The van der Waals surface area contributed by atoms with Gasteiger partial charge in [0.25, 0.3) is 0 Å². The Balaban J connectivity index is 1.61. The molecule has 164 valence electrons. The molecule has 0 saturated heterocycles. The molecule has 0 aliphatic carbocycles. The van der Waals surface area contributed by atoms with E-state index in [1.807, 2.05) is 11.8 Å². The van der Waals surface area contributed by atoms with Crippen molar-refractivity contribution in [3.8, 4) is 11.3 Å². The van der Waals surface area contributed by atoms with E-state index in [1.165, 1.54) is 17.4 Å². The summed E-state index contributed by atoms with van der Waals surface area (Å²) < 4.78 is 49.7. The van der Waals surface area contributed by atoms with Gasteiger partial charge in [0.15, 0.2) is 26.6 Å². The molecule has 10 heteroatoms. The van der Waals surface area contributed by atoms with E-state index in [1.54, 1.807) is 36.7 Å². The Morgan fingerprint density at radius 3 is 2.45 bits per heavy atom. The van der Waals surface area contributed by atoms with E-state index in [4.69, 9.17) is 0 Å². The van der Waals surface area contributed by atoms with Crippen molar-refractivity contribution in [2.24, 2.45) is 0 Å². The van der Waals surface area contributed by atoms with E-state index in [9.17, 15) is 22.0 Å². The maximum Gasteiger partial charge on any atom is 0.240 e. The number of halogens is 2. The van der Waals surface area contributed by atoms with Crippen LogP contribution in [0, 0.1) is 11.6 Å². The van der Waals surface area contributed by atoms with E-state index in [0.29, 0.717) is 16.4 Å². The highest BCUT2D eigenvalue weighted by Crippen LogP contribution is 2.26. The number of anilines is 1. The van der Waals surface area contributed by atoms with Crippen molar-refractivity contribution in [3.63, 3.8) is 0 Å². The number of aromatic nitrogens is 1. The van der Waals surface area contributed by atoms with Crippen molar-refractivity contribution < 1.29 is 22.0 Å². The Morgan fingerprint density at radius 1 is 1.16 bits per heavy atom. The number of nitrogens with zero attached hydrogens (tertiary/aromatic N) is 2. The van der Waals surface area contributed by atoms with Gasteiger partial charge in [0.1, 0.15) is 0 Å². The van der Waals surface area contributed by atoms with Gasteiger partial charge in [-0.05, 0) is 49.9 Å². The lowest BCUT2D eigenvalue weighted by molar-refractivity contribution is -0.117. The standard InChI is InChI=1S/C21H21F2N3O3S2/c1-13(14-4-7-16(8-5-14)31(3,28)29)26(2)11-20(27)25-21-24-19(12-30-21)15-6-9-17(22)18(23)10-15/h4-10,12-13H,11H2,1-3H3,(H,24,25,27). The molecule has 1 unspecified atom stereocenters. The zero-order chi connectivity index (χ0) is 22.8. The number of carbonyl (C=O) groups is 1. The quantitative estimate of drug-likeness (QED) is 0.568. The van der Waals surface area contributed by atoms with E-state index < -0.39 is 21.5 Å². The number of amides is 1. The first-order valence-corrected chi connectivity index (χ1v) is 12.0. The van der Waals surface area contributed by atoms with Gasteiger partial charge in [0.05, 0.1) is 17.1 Å². The molecule has 3 rings (SSSR count). The second-order valence-corrected chi connectivity index (χ2v) is 10.0. The SMILES string of the molecule is CC(c1ccc(S(C)(=O)=O)cc1)N(C)CC(=O)Nc1nc(-c2ccc(F)c(F)c2)cs1. The zero-order valence-electron chi connectivity index (χ0n) is 17.1. The molecule has 0 fully saturated rings. The maximum atomic E-state index is 13.4. The fraction of sp³-hybridized carbons (Fsp3) is 0.238. The Labute approximate surface area is 183 Å². The van der Waals surface area contributed by atoms with E-state index >= 15 is 0 Å². The minimum atomic E-state index is -3.26. The Bertz CT molecular complexity index is 1190. The summed E-state index contributed by atoms with van der Waals surface area (Å²) in [5.41, 5.74) is 1.73. The molecular weight excluding hydrogens is 444 g/mol. The number of benzene rings is 2. The molecule has 1 atom stereocenters. The summed E-state index contributed by atoms with van der Waals surface area (Å²) in [7, 11) is -1.48. The molecule has 3 aromatic rings. The lowest BCUT2D eigenvalue weighted by Crippen LogP contribution is -2.32. The first-order valence-electron chi connectivity index (χ1n) is 9.25. The molecule has 1 amide bonds. The number of rotatable bonds is 7. The molecule has 31 heavy (non-hydrogen) atoms. The molecule has 0 bridgehead atoms. The fourth-order valence-electron chi connectivity index (χ4n) is 2.89. The molecule has 0 radical (unpaired) electrons. The first-order chi connectivity index (χ1) is 14.5. The van der Waals surface area contributed by atoms with Crippen molar-refractivity contribution in [2.45, 2.75) is 17.9 Å². The summed E-state index contributed by atoms with van der Waals surface area (Å²) in [6.45, 7) is 1.99. The van der Waals surface area contributed by atoms with Gasteiger partial charge < -0.3 is 5.32 Å². The Kier molecular flexibility index (Phi) is 6.83. The van der Waals surface area contributed by atoms with Crippen molar-refractivity contribution in [2.75, 3.05) is 25.2 Å². The van der Waals surface area contributed by atoms with E-state index in [-0.39, 0.29) is 23.4 Å². The van der Waals surface area contributed by atoms with Crippen LogP contribution in [0.25, 0.3) is 11.3 Å². The van der Waals surface area contributed by atoms with Crippen molar-refractivity contribution in [1.29, 1.82) is 0 Å². The third kappa shape index (κ3) is 5.72. The second-order valence-electron chi connectivity index (χ2n) is 7.15. The summed E-state index contributed by atoms with van der Waals surface area (Å²) in [5.74, 6) is -2.18. The Morgan fingerprint density at radius 2 is 1.84 bits per heavy atom. The van der Waals surface area contributed by atoms with Gasteiger partial charge in [0, 0.05) is 23.2 Å². The van der Waals surface area contributed by atoms with Crippen molar-refractivity contribution in [1.82, 2.24) is 9.88 Å². The molecule has 2 aromatic carbocycles. The van der Waals surface area contributed by atoms with Crippen LogP contribution in [0.1, 0.15) is 18.5 Å². The minimum Gasteiger partial charge on any atom is -0.301 e. The first kappa shape index (κ1) is 23.0. The predicted octanol–water partition coefficient (Wildman–Crippen LogP) is 4.12. The number of hydrogen-bond acceptors (Lipinski definition) is 6. The largest absolute Gasteiger partial charge is 0.301 e. The van der Waals surface area contributed by atoms with Gasteiger partial charge in [-0.25, -0.2) is 22.2 Å². The van der Waals surface area contributed by atoms with Crippen LogP contribution in [0.3, 0.4) is 0 Å². The summed E-state index contributed by atoms with van der Waals surface area (Å²) in [6.07, 6.45) is 1.15. The van der Waals surface area contributed by atoms with E-state index in [2.05, 4.69) is 10.3 Å². The average Bonchev–Trinajstić information content (AvgIpc) is 3.17. The lowest BCUT2D eigenvalue weighted by Gasteiger charge is -2.24. The molecule has 0 aliphatic heterocycles. The molecular formula is C21H21F2N3O3S2. The number of thiazole rings is 1. The summed E-state index contributed by atoms with van der Waals surface area (Å²) in [5, 5.41) is 4.71. The van der Waals surface area contributed by atoms with Gasteiger partial charge in [-0.1, -0.05) is 12.1 Å². The third-order valence-corrected chi connectivity index (χ3v) is 6.70. The summed E-state index contributed by atoms with van der Waals surface area (Å²) in [4.78, 5) is 18.7. The number of nitrogens with one attached hydrogen (secondary N) is 1. The van der Waals surface area contributed by atoms with Gasteiger partial charge in [0.2, 0.25) is 5.91 Å². The average molecular weight is 466 g/mol. The molecule has 1 heterocycles. The Hall–Kier alpha value is -2.69. The van der Waals surface area contributed by atoms with Gasteiger partial charge >= 0.3 is 0 Å². The summed E-state index contributed by atoms with van der Waals surface area (Å²) >= 11 is 1.18. The molecule has 6 nitrogen and oxygen atoms in total. The minimum absolute atomic E-state index is 0.0785. The van der Waals surface area contributed by atoms with Gasteiger partial charge in [-0.2, -0.15) is 0 Å². The van der Waals surface area contributed by atoms with Crippen LogP contribution < -0.4 is 5.32 Å². The number of likely N-dealkylation sites (N-methyl/N-ethyl adjacent to an activating group) is 1. The summed E-state index contributed by atoms with van der Waals surface area (Å²) in [6, 6.07) is 9.92. The monoisotopic (exact) mass is 465 g/mol. The number of carbonyl (C=O) groups excluding carboxylic acids is 1. The van der Waals surface area contributed by atoms with Crippen LogP contribution in [0.2, 0.25) is 0 Å². The molecule has 0 saturated carbocycles. The van der Waals surface area contributed by atoms with Gasteiger partial charge in [-0.15, -0.1) is 11.3 Å². The predicted molar refractivity (Wildman–Crippen MR) is 117 cm³/mol. The highest BCUT2D eigenvalue weighted by atomic mass is 32.2. The molecule has 0 spiro atoms. The fourth-order valence-corrected chi connectivity index (χ4v) is 4.26. The van der Waals surface area contributed by atoms with E-state index in [0.717, 1.165) is 24.0 Å². The smallest absolute Gasteiger partial charge is 0.240 e. The second kappa shape index (κ2) is 9.21. The van der Waals surface area contributed by atoms with Gasteiger partial charge in [-0.3, -0.25) is 9.69 Å². The third-order valence-electron chi connectivity index (χ3n) is 4.81. The topological polar surface area (TPSA) is 79.4 Å². The van der Waals surface area contributed by atoms with Crippen LogP contribution in [0.5, 0.6) is 0 Å². The highest BCUT2D eigenvalue weighted by Gasteiger charge is 2.17. The highest BCUT2D eigenvalue weighted by molar-refractivity contribution is 7.90. The maximum absolute atomic E-state index is 13.4. The zero-order valence-corrected chi connectivity index (χ0v) is 18.7. The van der Waals surface area contributed by atoms with Crippen molar-refractivity contribution >= 4 is 32.2 Å². The van der Waals surface area contributed by atoms with Crippen molar-refractivity contribution in [3.05, 3.63) is 65.0 Å². The number of hydrogen-bond donors (Lipinski definition) is 1. The van der Waals surface area contributed by atoms with Crippen LogP contribution >= 0.6 is 11.3 Å². The molecule has 1 aromatic heterocycles. The van der Waals surface area contributed by atoms with Crippen LogP contribution in [-0.4, -0.2) is 44.1 Å². The van der Waals surface area contributed by atoms with Crippen LogP contribution in [-0.2, 0) is 14.6 Å². The number of sulfone groups is 1. The molecule has 1 N–H and O–H groups in total. The molecule has 0 aliphatic rings. The van der Waals surface area contributed by atoms with Crippen LogP contribution in [0.15, 0.2) is 52.7 Å². The lowest BCUT2D eigenvalue weighted by atomic mass is 10.1. The van der Waals surface area contributed by atoms with Crippen LogP contribution in [0.4, 0.5) is 13.9 Å².